The van der Waals surface area contributed by atoms with E-state index in [0.29, 0.717) is 23.7 Å². The Balaban J connectivity index is 1.39. The van der Waals surface area contributed by atoms with E-state index < -0.39 is 0 Å². The van der Waals surface area contributed by atoms with Crippen LogP contribution in [-0.4, -0.2) is 25.2 Å². The molecule has 1 aromatic carbocycles. The van der Waals surface area contributed by atoms with E-state index in [1.54, 1.807) is 6.07 Å². The van der Waals surface area contributed by atoms with Crippen LogP contribution in [0.1, 0.15) is 21.7 Å². The van der Waals surface area contributed by atoms with Gasteiger partial charge in [-0.1, -0.05) is 12.1 Å². The zero-order valence-electron chi connectivity index (χ0n) is 12.3. The van der Waals surface area contributed by atoms with Gasteiger partial charge in [0.15, 0.2) is 11.5 Å². The van der Waals surface area contributed by atoms with Gasteiger partial charge in [-0.3, -0.25) is 9.59 Å². The van der Waals surface area contributed by atoms with E-state index >= 15 is 0 Å². The monoisotopic (exact) mass is 332 g/mol. The highest BCUT2D eigenvalue weighted by Crippen LogP contribution is 2.32. The van der Waals surface area contributed by atoms with Crippen molar-refractivity contribution in [3.8, 4) is 11.5 Å². The molecule has 1 aliphatic heterocycles. The molecular weight excluding hydrogens is 316 g/mol. The van der Waals surface area contributed by atoms with Crippen LogP contribution in [0, 0.1) is 0 Å². The molecular formula is C16H16N2O4S. The van der Waals surface area contributed by atoms with Gasteiger partial charge < -0.3 is 20.1 Å². The van der Waals surface area contributed by atoms with Crippen molar-refractivity contribution in [3.05, 3.63) is 46.2 Å². The largest absolute Gasteiger partial charge is 0.454 e. The van der Waals surface area contributed by atoms with Crippen LogP contribution in [0.5, 0.6) is 11.5 Å². The number of carbonyl (C=O) groups is 2. The number of fused-ring (bicyclic) bond motifs is 1. The van der Waals surface area contributed by atoms with Gasteiger partial charge >= 0.3 is 0 Å². The molecule has 7 heteroatoms. The first-order chi connectivity index (χ1) is 11.2. The van der Waals surface area contributed by atoms with Crippen molar-refractivity contribution in [2.24, 2.45) is 0 Å². The lowest BCUT2D eigenvalue weighted by Crippen LogP contribution is -2.30. The maximum Gasteiger partial charge on any atom is 0.261 e. The van der Waals surface area contributed by atoms with Crippen molar-refractivity contribution in [3.63, 3.8) is 0 Å². The van der Waals surface area contributed by atoms with E-state index in [4.69, 9.17) is 9.47 Å². The molecule has 0 fully saturated rings. The average molecular weight is 332 g/mol. The van der Waals surface area contributed by atoms with Crippen LogP contribution < -0.4 is 20.1 Å². The van der Waals surface area contributed by atoms with Crippen molar-refractivity contribution in [1.29, 1.82) is 0 Å². The Kier molecular flexibility index (Phi) is 4.77. The standard InChI is InChI=1S/C16H16N2O4S/c19-15(5-6-17-16(20)14-2-1-7-23-14)18-9-11-3-4-12-13(8-11)22-10-21-12/h1-4,7-8H,5-6,9-10H2,(H,17,20)(H,18,19). The number of ether oxygens (including phenoxy) is 2. The quantitative estimate of drug-likeness (QED) is 0.847. The van der Waals surface area contributed by atoms with E-state index in [0.717, 1.165) is 11.3 Å². The van der Waals surface area contributed by atoms with Gasteiger partial charge in [0, 0.05) is 19.5 Å². The normalized spacial score (nSPS) is 12.0. The van der Waals surface area contributed by atoms with Gasteiger partial charge in [0.1, 0.15) is 0 Å². The predicted molar refractivity (Wildman–Crippen MR) is 85.7 cm³/mol. The fourth-order valence-electron chi connectivity index (χ4n) is 2.12. The molecule has 0 aliphatic carbocycles. The van der Waals surface area contributed by atoms with Crippen molar-refractivity contribution in [1.82, 2.24) is 10.6 Å². The highest BCUT2D eigenvalue weighted by atomic mass is 32.1. The Bertz CT molecular complexity index is 700. The molecule has 2 amide bonds. The van der Waals surface area contributed by atoms with E-state index in [9.17, 15) is 9.59 Å². The summed E-state index contributed by atoms with van der Waals surface area (Å²) in [6.45, 7) is 0.952. The molecule has 1 aromatic heterocycles. The number of benzene rings is 1. The second-order valence-corrected chi connectivity index (χ2v) is 5.90. The number of hydrogen-bond acceptors (Lipinski definition) is 5. The lowest BCUT2D eigenvalue weighted by atomic mass is 10.2. The molecule has 120 valence electrons. The maximum atomic E-state index is 11.8. The van der Waals surface area contributed by atoms with Crippen molar-refractivity contribution in [2.45, 2.75) is 13.0 Å². The molecule has 23 heavy (non-hydrogen) atoms. The third-order valence-corrected chi connectivity index (χ3v) is 4.18. The number of rotatable bonds is 6. The summed E-state index contributed by atoms with van der Waals surface area (Å²) >= 11 is 1.37. The topological polar surface area (TPSA) is 76.7 Å². The van der Waals surface area contributed by atoms with E-state index in [-0.39, 0.29) is 25.0 Å². The maximum absolute atomic E-state index is 11.8. The van der Waals surface area contributed by atoms with Crippen LogP contribution in [0.3, 0.4) is 0 Å². The summed E-state index contributed by atoms with van der Waals surface area (Å²) in [5.74, 6) is 1.15. The minimum atomic E-state index is -0.149. The first-order valence-corrected chi connectivity index (χ1v) is 8.07. The molecule has 3 rings (SSSR count). The molecule has 0 spiro atoms. The van der Waals surface area contributed by atoms with Crippen LogP contribution in [0.25, 0.3) is 0 Å². The Morgan fingerprint density at radius 2 is 2.00 bits per heavy atom. The number of thiophene rings is 1. The van der Waals surface area contributed by atoms with Crippen LogP contribution in [0.15, 0.2) is 35.7 Å². The fourth-order valence-corrected chi connectivity index (χ4v) is 2.76. The van der Waals surface area contributed by atoms with Gasteiger partial charge in [-0.25, -0.2) is 0 Å². The van der Waals surface area contributed by atoms with Crippen molar-refractivity contribution in [2.75, 3.05) is 13.3 Å². The van der Waals surface area contributed by atoms with Gasteiger partial charge in [-0.2, -0.15) is 0 Å². The molecule has 6 nitrogen and oxygen atoms in total. The van der Waals surface area contributed by atoms with Gasteiger partial charge in [-0.05, 0) is 29.1 Å². The molecule has 0 bridgehead atoms. The highest BCUT2D eigenvalue weighted by Gasteiger charge is 2.13. The Labute approximate surface area is 137 Å². The summed E-state index contributed by atoms with van der Waals surface area (Å²) in [6.07, 6.45) is 0.238. The first-order valence-electron chi connectivity index (χ1n) is 7.19. The van der Waals surface area contributed by atoms with Crippen LogP contribution in [0.2, 0.25) is 0 Å². The Morgan fingerprint density at radius 3 is 2.83 bits per heavy atom. The summed E-state index contributed by atoms with van der Waals surface area (Å²) in [5.41, 5.74) is 0.935. The van der Waals surface area contributed by atoms with Crippen LogP contribution in [-0.2, 0) is 11.3 Å². The second kappa shape index (κ2) is 7.15. The highest BCUT2D eigenvalue weighted by molar-refractivity contribution is 7.12. The summed E-state index contributed by atoms with van der Waals surface area (Å²) in [7, 11) is 0. The Hall–Kier alpha value is -2.54. The summed E-state index contributed by atoms with van der Waals surface area (Å²) < 4.78 is 10.5. The fraction of sp³-hybridized carbons (Fsp3) is 0.250. The number of hydrogen-bond donors (Lipinski definition) is 2. The van der Waals surface area contributed by atoms with Gasteiger partial charge in [0.2, 0.25) is 12.7 Å². The van der Waals surface area contributed by atoms with E-state index in [2.05, 4.69) is 10.6 Å². The minimum absolute atomic E-state index is 0.117. The molecule has 0 radical (unpaired) electrons. The Morgan fingerprint density at radius 1 is 1.13 bits per heavy atom. The van der Waals surface area contributed by atoms with E-state index in [1.165, 1.54) is 11.3 Å². The number of amides is 2. The molecule has 2 heterocycles. The molecule has 1 aliphatic rings. The minimum Gasteiger partial charge on any atom is -0.454 e. The van der Waals surface area contributed by atoms with E-state index in [1.807, 2.05) is 29.6 Å². The SMILES string of the molecule is O=C(CCNC(=O)c1cccs1)NCc1ccc2c(c1)OCO2. The average Bonchev–Trinajstić information content (AvgIpc) is 3.23. The zero-order valence-corrected chi connectivity index (χ0v) is 13.2. The van der Waals surface area contributed by atoms with Gasteiger partial charge in [0.25, 0.3) is 5.91 Å². The third kappa shape index (κ3) is 4.01. The van der Waals surface area contributed by atoms with Gasteiger partial charge in [0.05, 0.1) is 4.88 Å². The molecule has 0 saturated heterocycles. The van der Waals surface area contributed by atoms with Crippen LogP contribution in [0.4, 0.5) is 0 Å². The number of carbonyl (C=O) groups excluding carboxylic acids is 2. The molecule has 0 atom stereocenters. The van der Waals surface area contributed by atoms with Gasteiger partial charge in [-0.15, -0.1) is 11.3 Å². The zero-order chi connectivity index (χ0) is 16.1. The summed E-state index contributed by atoms with van der Waals surface area (Å²) in [5, 5.41) is 7.38. The second-order valence-electron chi connectivity index (χ2n) is 4.95. The molecule has 0 saturated carbocycles. The lowest BCUT2D eigenvalue weighted by molar-refractivity contribution is -0.121. The number of nitrogens with one attached hydrogen (secondary N) is 2. The van der Waals surface area contributed by atoms with Crippen molar-refractivity contribution >= 4 is 23.2 Å². The summed E-state index contributed by atoms with van der Waals surface area (Å²) in [6, 6.07) is 9.12. The molecule has 0 unspecified atom stereocenters. The molecule has 2 N–H and O–H groups in total. The lowest BCUT2D eigenvalue weighted by Gasteiger charge is -2.07. The smallest absolute Gasteiger partial charge is 0.261 e. The summed E-state index contributed by atoms with van der Waals surface area (Å²) in [4.78, 5) is 24.2. The van der Waals surface area contributed by atoms with Crippen LogP contribution >= 0.6 is 11.3 Å². The molecule has 2 aromatic rings. The first kappa shape index (κ1) is 15.4. The third-order valence-electron chi connectivity index (χ3n) is 3.31. The predicted octanol–water partition coefficient (Wildman–Crippen LogP) is 1.91. The van der Waals surface area contributed by atoms with Crippen molar-refractivity contribution < 1.29 is 19.1 Å².